The number of hydrogen-bond acceptors (Lipinski definition) is 3. The van der Waals surface area contributed by atoms with Gasteiger partial charge in [-0.25, -0.2) is 0 Å². The third-order valence-electron chi connectivity index (χ3n) is 4.22. The Morgan fingerprint density at radius 1 is 1.12 bits per heavy atom. The van der Waals surface area contributed by atoms with Crippen LogP contribution in [0.15, 0.2) is 0 Å². The summed E-state index contributed by atoms with van der Waals surface area (Å²) in [6.07, 6.45) is 7.24. The van der Waals surface area contributed by atoms with Gasteiger partial charge < -0.3 is 5.32 Å². The van der Waals surface area contributed by atoms with Crippen LogP contribution in [0, 0.1) is 5.92 Å². The van der Waals surface area contributed by atoms with E-state index in [1.807, 2.05) is 0 Å². The lowest BCUT2D eigenvalue weighted by atomic mass is 10.2. The Balaban J connectivity index is 1.60. The van der Waals surface area contributed by atoms with E-state index in [1.165, 1.54) is 12.8 Å². The molecular weight excluding hydrogens is 216 g/mol. The van der Waals surface area contributed by atoms with E-state index in [9.17, 15) is 9.59 Å². The Kier molecular flexibility index (Phi) is 2.90. The smallest absolute Gasteiger partial charge is 0.247 e. The molecule has 1 N–H and O–H groups in total. The minimum absolute atomic E-state index is 0.0301. The van der Waals surface area contributed by atoms with Crippen LogP contribution < -0.4 is 5.32 Å². The summed E-state index contributed by atoms with van der Waals surface area (Å²) in [6.45, 7) is 0.905. The average Bonchev–Trinajstić information content (AvgIpc) is 2.90. The molecule has 2 saturated carbocycles. The van der Waals surface area contributed by atoms with E-state index in [1.54, 1.807) is 4.90 Å². The number of nitrogens with one attached hydrogen (secondary N) is 1. The lowest BCUT2D eigenvalue weighted by molar-refractivity contribution is -0.141. The zero-order valence-corrected chi connectivity index (χ0v) is 10.2. The minimum atomic E-state index is -0.233. The molecule has 0 aromatic heterocycles. The molecule has 2 aliphatic carbocycles. The molecule has 17 heavy (non-hydrogen) atoms. The second-order valence-corrected chi connectivity index (χ2v) is 5.65. The van der Waals surface area contributed by atoms with Crippen LogP contribution >= 0.6 is 0 Å². The number of carbonyl (C=O) groups excluding carboxylic acids is 2. The molecule has 1 heterocycles. The Labute approximate surface area is 102 Å². The molecule has 4 heteroatoms. The van der Waals surface area contributed by atoms with Gasteiger partial charge in [0.15, 0.2) is 0 Å². The molecular formula is C13H20N2O2. The second kappa shape index (κ2) is 4.41. The van der Waals surface area contributed by atoms with Crippen LogP contribution in [0.25, 0.3) is 0 Å². The van der Waals surface area contributed by atoms with Gasteiger partial charge in [0.25, 0.3) is 0 Å². The topological polar surface area (TPSA) is 49.4 Å². The van der Waals surface area contributed by atoms with Crippen molar-refractivity contribution in [1.29, 1.82) is 0 Å². The van der Waals surface area contributed by atoms with Crippen LogP contribution in [0.1, 0.15) is 44.9 Å². The number of carbonyl (C=O) groups is 2. The van der Waals surface area contributed by atoms with Crippen molar-refractivity contribution in [3.8, 4) is 0 Å². The fourth-order valence-electron chi connectivity index (χ4n) is 2.99. The molecule has 0 aromatic rings. The van der Waals surface area contributed by atoms with Gasteiger partial charge >= 0.3 is 0 Å². The van der Waals surface area contributed by atoms with Gasteiger partial charge in [0.2, 0.25) is 11.8 Å². The summed E-state index contributed by atoms with van der Waals surface area (Å²) in [5.74, 6) is 0.816. The fourth-order valence-corrected chi connectivity index (χ4v) is 2.99. The minimum Gasteiger partial charge on any atom is -0.305 e. The molecule has 3 fully saturated rings. The van der Waals surface area contributed by atoms with E-state index < -0.39 is 0 Å². The van der Waals surface area contributed by atoms with E-state index in [-0.39, 0.29) is 23.9 Å². The molecule has 94 valence electrons. The summed E-state index contributed by atoms with van der Waals surface area (Å²) in [7, 11) is 0. The Morgan fingerprint density at radius 3 is 2.47 bits per heavy atom. The van der Waals surface area contributed by atoms with Crippen LogP contribution in [-0.2, 0) is 9.59 Å². The largest absolute Gasteiger partial charge is 0.305 e. The summed E-state index contributed by atoms with van der Waals surface area (Å²) in [6, 6.07) is -0.0357. The van der Waals surface area contributed by atoms with E-state index in [0.717, 1.165) is 38.1 Å². The second-order valence-electron chi connectivity index (χ2n) is 5.65. The zero-order chi connectivity index (χ0) is 11.8. The van der Waals surface area contributed by atoms with Crippen molar-refractivity contribution in [2.45, 2.75) is 57.0 Å². The van der Waals surface area contributed by atoms with E-state index >= 15 is 0 Å². The van der Waals surface area contributed by atoms with E-state index in [0.29, 0.717) is 6.42 Å². The van der Waals surface area contributed by atoms with Gasteiger partial charge in [-0.15, -0.1) is 0 Å². The van der Waals surface area contributed by atoms with Crippen LogP contribution in [0.4, 0.5) is 0 Å². The van der Waals surface area contributed by atoms with Gasteiger partial charge in [-0.05, 0) is 38.1 Å². The lowest BCUT2D eigenvalue weighted by Gasteiger charge is -2.22. The van der Waals surface area contributed by atoms with Crippen molar-refractivity contribution < 1.29 is 9.59 Å². The molecule has 0 bridgehead atoms. The third-order valence-corrected chi connectivity index (χ3v) is 4.22. The first kappa shape index (κ1) is 11.2. The number of imide groups is 1. The van der Waals surface area contributed by atoms with Crippen LogP contribution in [0.2, 0.25) is 0 Å². The summed E-state index contributed by atoms with van der Waals surface area (Å²) >= 11 is 0. The SMILES string of the molecule is O=C1CC(NCC2CC2)C(=O)N1C1CCCC1. The first-order valence-corrected chi connectivity index (χ1v) is 6.85. The van der Waals surface area contributed by atoms with Crippen LogP contribution in [-0.4, -0.2) is 35.3 Å². The molecule has 1 aliphatic heterocycles. The number of likely N-dealkylation sites (tertiary alicyclic amines) is 1. The summed E-state index contributed by atoms with van der Waals surface area (Å²) in [5, 5.41) is 3.27. The molecule has 1 atom stereocenters. The fraction of sp³-hybridized carbons (Fsp3) is 0.846. The zero-order valence-electron chi connectivity index (χ0n) is 10.2. The van der Waals surface area contributed by atoms with Crippen molar-refractivity contribution in [2.24, 2.45) is 5.92 Å². The molecule has 3 aliphatic rings. The highest BCUT2D eigenvalue weighted by Crippen LogP contribution is 2.30. The maximum atomic E-state index is 12.2. The number of nitrogens with zero attached hydrogens (tertiary/aromatic N) is 1. The molecule has 0 spiro atoms. The van der Waals surface area contributed by atoms with Crippen molar-refractivity contribution in [3.05, 3.63) is 0 Å². The quantitative estimate of drug-likeness (QED) is 0.742. The first-order chi connectivity index (χ1) is 8.25. The van der Waals surface area contributed by atoms with Crippen molar-refractivity contribution in [2.75, 3.05) is 6.54 Å². The van der Waals surface area contributed by atoms with Crippen LogP contribution in [0.5, 0.6) is 0 Å². The normalized spacial score (nSPS) is 30.6. The standard InChI is InChI=1S/C13H20N2O2/c16-12-7-11(14-8-9-5-6-9)13(17)15(12)10-3-1-2-4-10/h9-11,14H,1-8H2. The molecule has 3 rings (SSSR count). The molecule has 4 nitrogen and oxygen atoms in total. The van der Waals surface area contributed by atoms with Crippen LogP contribution in [0.3, 0.4) is 0 Å². The summed E-state index contributed by atoms with van der Waals surface area (Å²) in [5.41, 5.74) is 0. The maximum Gasteiger partial charge on any atom is 0.247 e. The predicted octanol–water partition coefficient (Wildman–Crippen LogP) is 1.06. The highest BCUT2D eigenvalue weighted by molar-refractivity contribution is 6.05. The van der Waals surface area contributed by atoms with Gasteiger partial charge in [0, 0.05) is 6.04 Å². The van der Waals surface area contributed by atoms with E-state index in [4.69, 9.17) is 0 Å². The molecule has 0 radical (unpaired) electrons. The number of amides is 2. The summed E-state index contributed by atoms with van der Waals surface area (Å²) in [4.78, 5) is 25.6. The average molecular weight is 236 g/mol. The monoisotopic (exact) mass is 236 g/mol. The first-order valence-electron chi connectivity index (χ1n) is 6.85. The van der Waals surface area contributed by atoms with Gasteiger partial charge in [-0.1, -0.05) is 12.8 Å². The van der Waals surface area contributed by atoms with Gasteiger partial charge in [0.05, 0.1) is 12.5 Å². The lowest BCUT2D eigenvalue weighted by Crippen LogP contribution is -2.43. The maximum absolute atomic E-state index is 12.2. The van der Waals surface area contributed by atoms with E-state index in [2.05, 4.69) is 5.32 Å². The highest BCUT2D eigenvalue weighted by Gasteiger charge is 2.43. The van der Waals surface area contributed by atoms with Gasteiger partial charge in [-0.3, -0.25) is 14.5 Å². The Bertz CT molecular complexity index is 332. The Hall–Kier alpha value is -0.900. The summed E-state index contributed by atoms with van der Waals surface area (Å²) < 4.78 is 0. The van der Waals surface area contributed by atoms with Crippen molar-refractivity contribution in [3.63, 3.8) is 0 Å². The highest BCUT2D eigenvalue weighted by atomic mass is 16.2. The van der Waals surface area contributed by atoms with Crippen molar-refractivity contribution in [1.82, 2.24) is 10.2 Å². The van der Waals surface area contributed by atoms with Gasteiger partial charge in [-0.2, -0.15) is 0 Å². The Morgan fingerprint density at radius 2 is 1.82 bits per heavy atom. The molecule has 1 unspecified atom stereocenters. The number of hydrogen-bond donors (Lipinski definition) is 1. The number of rotatable bonds is 4. The van der Waals surface area contributed by atoms with Crippen molar-refractivity contribution >= 4 is 11.8 Å². The molecule has 0 aromatic carbocycles. The third kappa shape index (κ3) is 2.23. The molecule has 2 amide bonds. The predicted molar refractivity (Wildman–Crippen MR) is 63.2 cm³/mol. The van der Waals surface area contributed by atoms with Gasteiger partial charge in [0.1, 0.15) is 0 Å². The molecule has 1 saturated heterocycles.